The van der Waals surface area contributed by atoms with Crippen LogP contribution in [-0.4, -0.2) is 69.5 Å². The molecule has 0 aromatic heterocycles. The molecule has 0 aromatic rings. The lowest BCUT2D eigenvalue weighted by Gasteiger charge is -2.25. The van der Waals surface area contributed by atoms with Crippen molar-refractivity contribution in [1.82, 2.24) is 20.9 Å². The smallest absolute Gasteiger partial charge is 0.336 e. The van der Waals surface area contributed by atoms with Gasteiger partial charge in [-0.15, -0.1) is 25.3 Å². The predicted molar refractivity (Wildman–Crippen MR) is 148 cm³/mol. The second-order valence-corrected chi connectivity index (χ2v) is 10.5. The number of amides is 4. The summed E-state index contributed by atoms with van der Waals surface area (Å²) in [6, 6.07) is -0.823. The Hall–Kier alpha value is -1.95. The van der Waals surface area contributed by atoms with Crippen LogP contribution in [-0.2, 0) is 24.0 Å². The van der Waals surface area contributed by atoms with Crippen LogP contribution >= 0.6 is 25.3 Å². The summed E-state index contributed by atoms with van der Waals surface area (Å²) in [4.78, 5) is 61.4. The minimum atomic E-state index is -1.37. The van der Waals surface area contributed by atoms with Crippen molar-refractivity contribution in [2.24, 2.45) is 0 Å². The van der Waals surface area contributed by atoms with Gasteiger partial charge in [-0.3, -0.25) is 19.2 Å². The van der Waals surface area contributed by atoms with E-state index in [0.717, 1.165) is 19.3 Å². The molecule has 1 aliphatic rings. The van der Waals surface area contributed by atoms with E-state index in [0.29, 0.717) is 25.8 Å². The van der Waals surface area contributed by atoms with E-state index in [-0.39, 0.29) is 12.5 Å². The predicted octanol–water partition coefficient (Wildman–Crippen LogP) is 2.62. The minimum absolute atomic E-state index is 0.270. The standard InChI is InChI=1S/C25H44N4O6S2/c1-2-3-4-5-6-7-8-9-10-11-12-15-19(30)27-23(36)22(33)26-17-20(31)29-16-13-14-18(29)21(32)28-24(37)25(34)35/h18,23-24,36-37H,2-17H2,1H3,(H,26,33)(H,27,30)(H,28,32)(H,34,35)/t18-,23-,24-/m0/s1. The van der Waals surface area contributed by atoms with Gasteiger partial charge in [0.25, 0.3) is 5.91 Å². The Morgan fingerprint density at radius 2 is 1.43 bits per heavy atom. The van der Waals surface area contributed by atoms with E-state index in [2.05, 4.69) is 48.1 Å². The number of nitrogens with one attached hydrogen (secondary N) is 3. The van der Waals surface area contributed by atoms with E-state index in [1.54, 1.807) is 0 Å². The van der Waals surface area contributed by atoms with E-state index in [1.165, 1.54) is 56.3 Å². The first-order chi connectivity index (χ1) is 17.7. The number of carboxylic acids is 1. The highest BCUT2D eigenvalue weighted by Crippen LogP contribution is 2.18. The fraction of sp³-hybridized carbons (Fsp3) is 0.800. The van der Waals surface area contributed by atoms with Gasteiger partial charge in [0.2, 0.25) is 17.7 Å². The zero-order valence-electron chi connectivity index (χ0n) is 21.9. The second kappa shape index (κ2) is 19.2. The highest BCUT2D eigenvalue weighted by Gasteiger charge is 2.35. The van der Waals surface area contributed by atoms with Crippen LogP contribution in [0.15, 0.2) is 0 Å². The number of rotatable bonds is 19. The largest absolute Gasteiger partial charge is 0.479 e. The average molecular weight is 561 g/mol. The summed E-state index contributed by atoms with van der Waals surface area (Å²) in [5.74, 6) is -3.28. The molecule has 0 aliphatic carbocycles. The molecule has 37 heavy (non-hydrogen) atoms. The van der Waals surface area contributed by atoms with Gasteiger partial charge in [-0.2, -0.15) is 0 Å². The quantitative estimate of drug-likeness (QED) is 0.0814. The van der Waals surface area contributed by atoms with Crippen molar-refractivity contribution in [3.8, 4) is 0 Å². The summed E-state index contributed by atoms with van der Waals surface area (Å²) >= 11 is 7.90. The van der Waals surface area contributed by atoms with E-state index in [1.807, 2.05) is 0 Å². The maximum absolute atomic E-state index is 12.5. The Morgan fingerprint density at radius 1 is 0.865 bits per heavy atom. The Labute approximate surface area is 231 Å². The van der Waals surface area contributed by atoms with Gasteiger partial charge in [0, 0.05) is 13.0 Å². The number of nitrogens with zero attached hydrogens (tertiary/aromatic N) is 1. The molecule has 0 spiro atoms. The Bertz CT molecular complexity index is 755. The topological polar surface area (TPSA) is 145 Å². The van der Waals surface area contributed by atoms with Crippen LogP contribution in [0.2, 0.25) is 0 Å². The number of thiol groups is 2. The highest BCUT2D eigenvalue weighted by atomic mass is 32.1. The van der Waals surface area contributed by atoms with E-state index in [9.17, 15) is 24.0 Å². The minimum Gasteiger partial charge on any atom is -0.479 e. The van der Waals surface area contributed by atoms with Crippen molar-refractivity contribution < 1.29 is 29.1 Å². The molecule has 4 N–H and O–H groups in total. The summed E-state index contributed by atoms with van der Waals surface area (Å²) < 4.78 is 0. The van der Waals surface area contributed by atoms with Crippen LogP contribution in [0.25, 0.3) is 0 Å². The van der Waals surface area contributed by atoms with E-state index < -0.39 is 40.5 Å². The number of hydrogen-bond acceptors (Lipinski definition) is 7. The van der Waals surface area contributed by atoms with Gasteiger partial charge in [-0.25, -0.2) is 4.79 Å². The van der Waals surface area contributed by atoms with E-state index >= 15 is 0 Å². The second-order valence-electron chi connectivity index (χ2n) is 9.47. The van der Waals surface area contributed by atoms with Crippen LogP contribution in [0.4, 0.5) is 0 Å². The Morgan fingerprint density at radius 3 is 2.00 bits per heavy atom. The van der Waals surface area contributed by atoms with Gasteiger partial charge in [0.1, 0.15) is 6.04 Å². The molecule has 1 rings (SSSR count). The molecule has 0 saturated carbocycles. The number of carbonyl (C=O) groups is 5. The van der Waals surface area contributed by atoms with Crippen molar-refractivity contribution in [3.63, 3.8) is 0 Å². The maximum atomic E-state index is 12.5. The molecule has 0 aromatic carbocycles. The maximum Gasteiger partial charge on any atom is 0.336 e. The first-order valence-corrected chi connectivity index (χ1v) is 14.5. The molecule has 1 fully saturated rings. The zero-order chi connectivity index (χ0) is 27.6. The fourth-order valence-corrected chi connectivity index (χ4v) is 4.59. The molecule has 1 aliphatic heterocycles. The van der Waals surface area contributed by atoms with Crippen LogP contribution < -0.4 is 16.0 Å². The summed E-state index contributed by atoms with van der Waals surface area (Å²) in [6.45, 7) is 2.17. The van der Waals surface area contributed by atoms with Crippen molar-refractivity contribution in [3.05, 3.63) is 0 Å². The van der Waals surface area contributed by atoms with Gasteiger partial charge >= 0.3 is 5.97 Å². The number of carbonyl (C=O) groups excluding carboxylic acids is 4. The average Bonchev–Trinajstić information content (AvgIpc) is 3.35. The fourth-order valence-electron chi connectivity index (χ4n) is 4.23. The van der Waals surface area contributed by atoms with Gasteiger partial charge < -0.3 is 26.0 Å². The normalized spacial score (nSPS) is 16.6. The van der Waals surface area contributed by atoms with Crippen LogP contribution in [0.1, 0.15) is 96.8 Å². The number of likely N-dealkylation sites (tertiary alicyclic amines) is 1. The van der Waals surface area contributed by atoms with Gasteiger partial charge in [-0.1, -0.05) is 71.1 Å². The molecule has 0 unspecified atom stereocenters. The van der Waals surface area contributed by atoms with Gasteiger partial charge in [0.05, 0.1) is 6.54 Å². The molecular formula is C25H44N4O6S2. The Balaban J connectivity index is 2.21. The SMILES string of the molecule is CCCCCCCCCCCCCC(=O)N[C@@H](S)C(=O)NCC(=O)N1CCC[C@H]1C(=O)N[C@@H](S)C(=O)O. The molecule has 212 valence electrons. The van der Waals surface area contributed by atoms with Crippen molar-refractivity contribution in [2.75, 3.05) is 13.1 Å². The molecule has 1 heterocycles. The third kappa shape index (κ3) is 14.0. The lowest BCUT2D eigenvalue weighted by molar-refractivity contribution is -0.141. The number of aliphatic carboxylic acids is 1. The van der Waals surface area contributed by atoms with E-state index in [4.69, 9.17) is 5.11 Å². The first kappa shape index (κ1) is 33.1. The number of hydrogen-bond donors (Lipinski definition) is 6. The zero-order valence-corrected chi connectivity index (χ0v) is 23.7. The molecule has 0 radical (unpaired) electrons. The molecular weight excluding hydrogens is 516 g/mol. The molecule has 0 bridgehead atoms. The Kier molecular flexibility index (Phi) is 17.1. The number of carboxylic acid groups (broad SMARTS) is 1. The molecule has 1 saturated heterocycles. The van der Waals surface area contributed by atoms with Crippen LogP contribution in [0.3, 0.4) is 0 Å². The van der Waals surface area contributed by atoms with Gasteiger partial charge in [-0.05, 0) is 19.3 Å². The molecule has 10 nitrogen and oxygen atoms in total. The molecule has 12 heteroatoms. The highest BCUT2D eigenvalue weighted by molar-refractivity contribution is 7.82. The van der Waals surface area contributed by atoms with Crippen molar-refractivity contribution in [2.45, 2.75) is 114 Å². The lowest BCUT2D eigenvalue weighted by Crippen LogP contribution is -2.52. The monoisotopic (exact) mass is 560 g/mol. The van der Waals surface area contributed by atoms with Crippen molar-refractivity contribution >= 4 is 54.9 Å². The lowest BCUT2D eigenvalue weighted by atomic mass is 10.1. The van der Waals surface area contributed by atoms with Crippen LogP contribution in [0.5, 0.6) is 0 Å². The third-order valence-corrected chi connectivity index (χ3v) is 7.07. The van der Waals surface area contributed by atoms with Crippen LogP contribution in [0, 0.1) is 0 Å². The summed E-state index contributed by atoms with van der Waals surface area (Å²) in [6.07, 6.45) is 14.3. The summed E-state index contributed by atoms with van der Waals surface area (Å²) in [5.41, 5.74) is 0. The third-order valence-electron chi connectivity index (χ3n) is 6.36. The summed E-state index contributed by atoms with van der Waals surface area (Å²) in [7, 11) is 0. The number of unbranched alkanes of at least 4 members (excludes halogenated alkanes) is 10. The first-order valence-electron chi connectivity index (χ1n) is 13.4. The molecule has 3 atom stereocenters. The van der Waals surface area contributed by atoms with Gasteiger partial charge in [0.15, 0.2) is 10.7 Å². The summed E-state index contributed by atoms with van der Waals surface area (Å²) in [5, 5.41) is 13.6. The van der Waals surface area contributed by atoms with Crippen molar-refractivity contribution in [1.29, 1.82) is 0 Å². The molecule has 4 amide bonds.